The van der Waals surface area contributed by atoms with Crippen molar-refractivity contribution >= 4 is 35.8 Å². The number of amides is 1. The van der Waals surface area contributed by atoms with Gasteiger partial charge < -0.3 is 16.0 Å². The zero-order chi connectivity index (χ0) is 18.8. The van der Waals surface area contributed by atoms with E-state index in [1.807, 2.05) is 6.92 Å². The van der Waals surface area contributed by atoms with Crippen LogP contribution >= 0.6 is 24.0 Å². The number of nitrogens with one attached hydrogen (secondary N) is 3. The third-order valence-corrected chi connectivity index (χ3v) is 3.61. The Bertz CT molecular complexity index is 755. The molecule has 0 fully saturated rings. The Hall–Kier alpha value is -2.23. The summed E-state index contributed by atoms with van der Waals surface area (Å²) in [7, 11) is 0. The molecular weight excluding hydrogens is 460 g/mol. The number of aromatic nitrogens is 1. The predicted molar refractivity (Wildman–Crippen MR) is 116 cm³/mol. The summed E-state index contributed by atoms with van der Waals surface area (Å²) in [6, 6.07) is 8.40. The SMILES string of the molecule is CCNC(=NCc1ccc(F)c(C)c1)NCCNC(=O)c1cccnc1.I. The quantitative estimate of drug-likeness (QED) is 0.244. The second kappa shape index (κ2) is 12.2. The first kappa shape index (κ1) is 22.8. The summed E-state index contributed by atoms with van der Waals surface area (Å²) >= 11 is 0. The maximum absolute atomic E-state index is 13.3. The highest BCUT2D eigenvalue weighted by molar-refractivity contribution is 14.0. The van der Waals surface area contributed by atoms with E-state index in [1.165, 1.54) is 12.3 Å². The molecule has 0 saturated carbocycles. The van der Waals surface area contributed by atoms with Crippen molar-refractivity contribution in [2.75, 3.05) is 19.6 Å². The van der Waals surface area contributed by atoms with Gasteiger partial charge in [-0.15, -0.1) is 24.0 Å². The monoisotopic (exact) mass is 485 g/mol. The summed E-state index contributed by atoms with van der Waals surface area (Å²) in [5, 5.41) is 9.12. The number of guanidine groups is 1. The molecule has 1 heterocycles. The van der Waals surface area contributed by atoms with Crippen LogP contribution in [0.5, 0.6) is 0 Å². The third kappa shape index (κ3) is 7.90. The predicted octanol–water partition coefficient (Wildman–Crippen LogP) is 2.63. The highest BCUT2D eigenvalue weighted by atomic mass is 127. The molecule has 3 N–H and O–H groups in total. The molecule has 1 aromatic carbocycles. The summed E-state index contributed by atoms with van der Waals surface area (Å²) in [5.41, 5.74) is 2.07. The van der Waals surface area contributed by atoms with Gasteiger partial charge in [-0.3, -0.25) is 9.78 Å². The Morgan fingerprint density at radius 2 is 1.96 bits per heavy atom. The second-order valence-electron chi connectivity index (χ2n) is 5.70. The van der Waals surface area contributed by atoms with Crippen LogP contribution in [0.3, 0.4) is 0 Å². The van der Waals surface area contributed by atoms with Crippen LogP contribution in [0, 0.1) is 12.7 Å². The number of aliphatic imine (C=N–C) groups is 1. The average molecular weight is 485 g/mol. The van der Waals surface area contributed by atoms with Crippen LogP contribution < -0.4 is 16.0 Å². The van der Waals surface area contributed by atoms with Gasteiger partial charge in [-0.1, -0.05) is 12.1 Å². The lowest BCUT2D eigenvalue weighted by atomic mass is 10.1. The van der Waals surface area contributed by atoms with Crippen LogP contribution in [0.2, 0.25) is 0 Å². The number of hydrogen-bond donors (Lipinski definition) is 3. The number of nitrogens with zero attached hydrogens (tertiary/aromatic N) is 2. The fourth-order valence-corrected chi connectivity index (χ4v) is 2.27. The Labute approximate surface area is 176 Å². The van der Waals surface area contributed by atoms with Crippen molar-refractivity contribution < 1.29 is 9.18 Å². The summed E-state index contributed by atoms with van der Waals surface area (Å²) in [6.07, 6.45) is 3.15. The van der Waals surface area contributed by atoms with Crippen LogP contribution in [0.15, 0.2) is 47.7 Å². The molecule has 1 aromatic heterocycles. The molecule has 6 nitrogen and oxygen atoms in total. The van der Waals surface area contributed by atoms with Gasteiger partial charge in [0, 0.05) is 32.0 Å². The van der Waals surface area contributed by atoms with Gasteiger partial charge in [0.05, 0.1) is 12.1 Å². The lowest BCUT2D eigenvalue weighted by Gasteiger charge is -2.12. The number of carbonyl (C=O) groups excluding carboxylic acids is 1. The standard InChI is InChI=1S/C19H24FN5O.HI/c1-3-22-19(25-12-15-6-7-17(20)14(2)11-15)24-10-9-23-18(26)16-5-4-8-21-13-16;/h4-8,11,13H,3,9-10,12H2,1-2H3,(H,23,26)(H2,22,24,25);1H. The lowest BCUT2D eigenvalue weighted by molar-refractivity contribution is 0.0954. The van der Waals surface area contributed by atoms with E-state index in [-0.39, 0.29) is 35.7 Å². The minimum absolute atomic E-state index is 0. The van der Waals surface area contributed by atoms with Crippen molar-refractivity contribution in [3.63, 3.8) is 0 Å². The summed E-state index contributed by atoms with van der Waals surface area (Å²) in [6.45, 7) is 5.85. The molecular formula is C19H25FIN5O. The Balaban J connectivity index is 0.00000364. The number of benzene rings is 1. The zero-order valence-electron chi connectivity index (χ0n) is 15.5. The molecule has 2 rings (SSSR count). The van der Waals surface area contributed by atoms with Crippen LogP contribution in [0.25, 0.3) is 0 Å². The van der Waals surface area contributed by atoms with Crippen molar-refractivity contribution in [2.24, 2.45) is 4.99 Å². The number of halogens is 2. The van der Waals surface area contributed by atoms with Gasteiger partial charge in [0.2, 0.25) is 0 Å². The molecule has 0 aliphatic carbocycles. The van der Waals surface area contributed by atoms with Gasteiger partial charge in [-0.25, -0.2) is 9.38 Å². The molecule has 2 aromatic rings. The van der Waals surface area contributed by atoms with E-state index >= 15 is 0 Å². The normalized spacial score (nSPS) is 10.7. The van der Waals surface area contributed by atoms with Crippen molar-refractivity contribution in [1.29, 1.82) is 0 Å². The third-order valence-electron chi connectivity index (χ3n) is 3.61. The fourth-order valence-electron chi connectivity index (χ4n) is 2.27. The summed E-state index contributed by atoms with van der Waals surface area (Å²) < 4.78 is 13.3. The van der Waals surface area contributed by atoms with Crippen LogP contribution in [-0.2, 0) is 6.54 Å². The van der Waals surface area contributed by atoms with E-state index in [9.17, 15) is 9.18 Å². The molecule has 1 amide bonds. The van der Waals surface area contributed by atoms with Crippen LogP contribution in [0.4, 0.5) is 4.39 Å². The number of pyridine rings is 1. The first-order valence-corrected chi connectivity index (χ1v) is 8.55. The lowest BCUT2D eigenvalue weighted by Crippen LogP contribution is -2.41. The van der Waals surface area contributed by atoms with Gasteiger partial charge >= 0.3 is 0 Å². The average Bonchev–Trinajstić information content (AvgIpc) is 2.66. The van der Waals surface area contributed by atoms with E-state index in [0.29, 0.717) is 36.7 Å². The second-order valence-corrected chi connectivity index (χ2v) is 5.70. The van der Waals surface area contributed by atoms with Crippen molar-refractivity contribution in [1.82, 2.24) is 20.9 Å². The topological polar surface area (TPSA) is 78.4 Å². The molecule has 8 heteroatoms. The molecule has 146 valence electrons. The van der Waals surface area contributed by atoms with Crippen LogP contribution in [0.1, 0.15) is 28.4 Å². The smallest absolute Gasteiger partial charge is 0.252 e. The Kier molecular flexibility index (Phi) is 10.3. The zero-order valence-corrected chi connectivity index (χ0v) is 17.8. The largest absolute Gasteiger partial charge is 0.357 e. The first-order chi connectivity index (χ1) is 12.6. The number of aryl methyl sites for hydroxylation is 1. The van der Waals surface area contributed by atoms with Gasteiger partial charge in [0.25, 0.3) is 5.91 Å². The molecule has 0 saturated heterocycles. The van der Waals surface area contributed by atoms with Gasteiger partial charge in [-0.05, 0) is 43.2 Å². The minimum atomic E-state index is -0.216. The first-order valence-electron chi connectivity index (χ1n) is 8.55. The number of carbonyl (C=O) groups is 1. The van der Waals surface area contributed by atoms with Crippen molar-refractivity contribution in [2.45, 2.75) is 20.4 Å². The van der Waals surface area contributed by atoms with Gasteiger partial charge in [-0.2, -0.15) is 0 Å². The van der Waals surface area contributed by atoms with E-state index in [1.54, 1.807) is 37.4 Å². The van der Waals surface area contributed by atoms with E-state index in [4.69, 9.17) is 0 Å². The Morgan fingerprint density at radius 1 is 1.19 bits per heavy atom. The molecule has 0 bridgehead atoms. The highest BCUT2D eigenvalue weighted by Gasteiger charge is 2.04. The molecule has 0 radical (unpaired) electrons. The molecule has 0 aliphatic heterocycles. The maximum Gasteiger partial charge on any atom is 0.252 e. The molecule has 0 spiro atoms. The van der Waals surface area contributed by atoms with Gasteiger partial charge in [0.1, 0.15) is 5.82 Å². The molecule has 0 unspecified atom stereocenters. The van der Waals surface area contributed by atoms with Crippen LogP contribution in [-0.4, -0.2) is 36.5 Å². The van der Waals surface area contributed by atoms with Crippen molar-refractivity contribution in [3.8, 4) is 0 Å². The van der Waals surface area contributed by atoms with Crippen molar-refractivity contribution in [3.05, 3.63) is 65.2 Å². The Morgan fingerprint density at radius 3 is 2.63 bits per heavy atom. The molecule has 0 aliphatic rings. The number of rotatable bonds is 7. The summed E-state index contributed by atoms with van der Waals surface area (Å²) in [5.74, 6) is 0.265. The molecule has 0 atom stereocenters. The minimum Gasteiger partial charge on any atom is -0.357 e. The fraction of sp³-hybridized carbons (Fsp3) is 0.316. The maximum atomic E-state index is 13.3. The molecule has 27 heavy (non-hydrogen) atoms. The summed E-state index contributed by atoms with van der Waals surface area (Å²) in [4.78, 5) is 20.3. The van der Waals surface area contributed by atoms with E-state index < -0.39 is 0 Å². The number of hydrogen-bond acceptors (Lipinski definition) is 3. The van der Waals surface area contributed by atoms with E-state index in [2.05, 4.69) is 25.9 Å². The van der Waals surface area contributed by atoms with E-state index in [0.717, 1.165) is 12.1 Å². The highest BCUT2D eigenvalue weighted by Crippen LogP contribution is 2.09. The van der Waals surface area contributed by atoms with Gasteiger partial charge in [0.15, 0.2) is 5.96 Å².